The van der Waals surface area contributed by atoms with Crippen molar-refractivity contribution >= 4 is 41.2 Å². The predicted molar refractivity (Wildman–Crippen MR) is 61.1 cm³/mol. The second-order valence-corrected chi connectivity index (χ2v) is 3.98. The maximum absolute atomic E-state index is 11.2. The molecule has 1 fully saturated rings. The van der Waals surface area contributed by atoms with Crippen LogP contribution in [0.3, 0.4) is 0 Å². The first-order valence-corrected chi connectivity index (χ1v) is 5.11. The van der Waals surface area contributed by atoms with Crippen LogP contribution in [0.25, 0.3) is 6.08 Å². The lowest BCUT2D eigenvalue weighted by Crippen LogP contribution is -2.22. The third-order valence-corrected chi connectivity index (χ3v) is 2.54. The summed E-state index contributed by atoms with van der Waals surface area (Å²) in [6, 6.07) is 4.33. The second kappa shape index (κ2) is 4.15. The molecule has 1 aromatic carbocycles. The van der Waals surface area contributed by atoms with Crippen LogP contribution in [0.1, 0.15) is 5.56 Å². The first kappa shape index (κ1) is 11.0. The summed E-state index contributed by atoms with van der Waals surface area (Å²) in [5, 5.41) is 5.37. The van der Waals surface area contributed by atoms with Crippen molar-refractivity contribution in [2.24, 2.45) is 0 Å². The fraction of sp³-hybridized carbons (Fsp3) is 0. The van der Waals surface area contributed by atoms with E-state index in [1.807, 2.05) is 0 Å². The summed E-state index contributed by atoms with van der Waals surface area (Å²) in [6.07, 6.45) is 1.49. The molecule has 0 spiro atoms. The van der Waals surface area contributed by atoms with Gasteiger partial charge in [0.1, 0.15) is 5.70 Å². The quantitative estimate of drug-likeness (QED) is 0.598. The maximum atomic E-state index is 11.2. The van der Waals surface area contributed by atoms with E-state index in [2.05, 4.69) is 10.6 Å². The molecule has 0 atom stereocenters. The van der Waals surface area contributed by atoms with Gasteiger partial charge in [-0.2, -0.15) is 0 Å². The van der Waals surface area contributed by atoms with Gasteiger partial charge in [0, 0.05) is 10.0 Å². The average molecular weight is 257 g/mol. The van der Waals surface area contributed by atoms with Crippen molar-refractivity contribution in [2.75, 3.05) is 0 Å². The molecule has 0 unspecified atom stereocenters. The van der Waals surface area contributed by atoms with Gasteiger partial charge in [0.25, 0.3) is 5.91 Å². The standard InChI is InChI=1S/C10H6Cl2N2O2/c11-6-2-1-5(7(12)4-6)3-8-9(15)14-10(16)13-8/h1-4H,(H2,13,14,15,16)/b8-3-. The number of halogens is 2. The Labute approximate surface area is 101 Å². The molecule has 0 aromatic heterocycles. The lowest BCUT2D eigenvalue weighted by atomic mass is 10.2. The van der Waals surface area contributed by atoms with E-state index < -0.39 is 11.9 Å². The Morgan fingerprint density at radius 3 is 2.44 bits per heavy atom. The number of urea groups is 1. The lowest BCUT2D eigenvalue weighted by Gasteiger charge is -1.99. The number of hydrogen-bond acceptors (Lipinski definition) is 2. The van der Waals surface area contributed by atoms with Crippen LogP contribution in [-0.4, -0.2) is 11.9 Å². The minimum atomic E-state index is -0.540. The topological polar surface area (TPSA) is 58.2 Å². The van der Waals surface area contributed by atoms with Crippen molar-refractivity contribution in [2.45, 2.75) is 0 Å². The summed E-state index contributed by atoms with van der Waals surface area (Å²) in [5.41, 5.74) is 0.771. The van der Waals surface area contributed by atoms with Crippen LogP contribution in [0.4, 0.5) is 4.79 Å². The number of amides is 3. The van der Waals surface area contributed by atoms with Gasteiger partial charge in [0.2, 0.25) is 0 Å². The highest BCUT2D eigenvalue weighted by molar-refractivity contribution is 6.35. The van der Waals surface area contributed by atoms with Crippen LogP contribution in [0.15, 0.2) is 23.9 Å². The SMILES string of the molecule is O=C1NC(=O)/C(=C/c2ccc(Cl)cc2Cl)N1. The highest BCUT2D eigenvalue weighted by atomic mass is 35.5. The zero-order chi connectivity index (χ0) is 11.7. The van der Waals surface area contributed by atoms with Gasteiger partial charge in [0.05, 0.1) is 0 Å². The average Bonchev–Trinajstić information content (AvgIpc) is 2.50. The number of carbonyl (C=O) groups is 2. The fourth-order valence-corrected chi connectivity index (χ4v) is 1.72. The van der Waals surface area contributed by atoms with Crippen LogP contribution in [0.2, 0.25) is 10.0 Å². The minimum Gasteiger partial charge on any atom is -0.303 e. The molecule has 2 N–H and O–H groups in total. The maximum Gasteiger partial charge on any atom is 0.326 e. The second-order valence-electron chi connectivity index (χ2n) is 3.13. The Bertz CT molecular complexity index is 512. The van der Waals surface area contributed by atoms with Crippen LogP contribution < -0.4 is 10.6 Å². The van der Waals surface area contributed by atoms with Gasteiger partial charge in [-0.1, -0.05) is 29.3 Å². The number of hydrogen-bond donors (Lipinski definition) is 2. The Hall–Kier alpha value is -1.52. The Kier molecular flexibility index (Phi) is 2.85. The molecule has 2 rings (SSSR count). The number of nitrogens with one attached hydrogen (secondary N) is 2. The van der Waals surface area contributed by atoms with Crippen molar-refractivity contribution in [3.63, 3.8) is 0 Å². The lowest BCUT2D eigenvalue weighted by molar-refractivity contribution is -0.115. The zero-order valence-electron chi connectivity index (χ0n) is 7.88. The summed E-state index contributed by atoms with van der Waals surface area (Å²) in [7, 11) is 0. The van der Waals surface area contributed by atoms with E-state index in [9.17, 15) is 9.59 Å². The van der Waals surface area contributed by atoms with E-state index in [0.717, 1.165) is 0 Å². The number of benzene rings is 1. The molecule has 82 valence electrons. The molecule has 3 amide bonds. The first-order valence-electron chi connectivity index (χ1n) is 4.35. The molecular weight excluding hydrogens is 251 g/mol. The van der Waals surface area contributed by atoms with Crippen molar-refractivity contribution in [1.82, 2.24) is 10.6 Å². The largest absolute Gasteiger partial charge is 0.326 e. The molecule has 1 aliphatic heterocycles. The van der Waals surface area contributed by atoms with E-state index in [4.69, 9.17) is 23.2 Å². The van der Waals surface area contributed by atoms with E-state index in [1.165, 1.54) is 6.08 Å². The highest BCUT2D eigenvalue weighted by Gasteiger charge is 2.22. The molecule has 1 aromatic rings. The smallest absolute Gasteiger partial charge is 0.303 e. The van der Waals surface area contributed by atoms with E-state index in [1.54, 1.807) is 18.2 Å². The third-order valence-electron chi connectivity index (χ3n) is 1.98. The van der Waals surface area contributed by atoms with Crippen LogP contribution in [0, 0.1) is 0 Å². The summed E-state index contributed by atoms with van der Waals surface area (Å²) in [4.78, 5) is 22.1. The van der Waals surface area contributed by atoms with Gasteiger partial charge in [-0.25, -0.2) is 4.79 Å². The monoisotopic (exact) mass is 256 g/mol. The van der Waals surface area contributed by atoms with Gasteiger partial charge in [-0.15, -0.1) is 0 Å². The fourth-order valence-electron chi connectivity index (χ4n) is 1.26. The van der Waals surface area contributed by atoms with Gasteiger partial charge in [0.15, 0.2) is 0 Å². The van der Waals surface area contributed by atoms with E-state index >= 15 is 0 Å². The summed E-state index contributed by atoms with van der Waals surface area (Å²) in [5.74, 6) is -0.476. The molecule has 1 aliphatic rings. The molecule has 1 saturated heterocycles. The van der Waals surface area contributed by atoms with Crippen molar-refractivity contribution in [3.8, 4) is 0 Å². The van der Waals surface area contributed by atoms with Gasteiger partial charge >= 0.3 is 6.03 Å². The Balaban J connectivity index is 2.36. The van der Waals surface area contributed by atoms with Gasteiger partial charge in [-0.3, -0.25) is 10.1 Å². The molecule has 0 saturated carbocycles. The van der Waals surface area contributed by atoms with Crippen LogP contribution in [-0.2, 0) is 4.79 Å². The Morgan fingerprint density at radius 2 is 1.88 bits per heavy atom. The predicted octanol–water partition coefficient (Wildman–Crippen LogP) is 2.17. The third kappa shape index (κ3) is 2.18. The number of rotatable bonds is 1. The molecule has 16 heavy (non-hydrogen) atoms. The molecule has 6 heteroatoms. The normalized spacial score (nSPS) is 17.5. The minimum absolute atomic E-state index is 0.161. The van der Waals surface area contributed by atoms with Crippen molar-refractivity contribution in [3.05, 3.63) is 39.5 Å². The summed E-state index contributed by atoms with van der Waals surface area (Å²) < 4.78 is 0. The highest BCUT2D eigenvalue weighted by Crippen LogP contribution is 2.23. The molecule has 1 heterocycles. The number of carbonyl (C=O) groups excluding carboxylic acids is 2. The molecule has 0 bridgehead atoms. The van der Waals surface area contributed by atoms with Crippen molar-refractivity contribution in [1.29, 1.82) is 0 Å². The van der Waals surface area contributed by atoms with E-state index in [0.29, 0.717) is 15.6 Å². The van der Waals surface area contributed by atoms with Gasteiger partial charge in [-0.05, 0) is 23.8 Å². The van der Waals surface area contributed by atoms with Crippen LogP contribution >= 0.6 is 23.2 Å². The molecule has 0 radical (unpaired) electrons. The molecule has 0 aliphatic carbocycles. The zero-order valence-corrected chi connectivity index (χ0v) is 9.39. The van der Waals surface area contributed by atoms with E-state index in [-0.39, 0.29) is 5.70 Å². The summed E-state index contributed by atoms with van der Waals surface area (Å²) in [6.45, 7) is 0. The summed E-state index contributed by atoms with van der Waals surface area (Å²) >= 11 is 11.6. The van der Waals surface area contributed by atoms with Gasteiger partial charge < -0.3 is 5.32 Å². The van der Waals surface area contributed by atoms with Crippen molar-refractivity contribution < 1.29 is 9.59 Å². The van der Waals surface area contributed by atoms with Crippen LogP contribution in [0.5, 0.6) is 0 Å². The first-order chi connectivity index (χ1) is 7.56. The molecular formula is C10H6Cl2N2O2. The number of imide groups is 1. The Morgan fingerprint density at radius 1 is 1.12 bits per heavy atom. The molecule has 4 nitrogen and oxygen atoms in total.